The zero-order valence-electron chi connectivity index (χ0n) is 12.0. The van der Waals surface area contributed by atoms with Crippen LogP contribution in [0.2, 0.25) is 0 Å². The Morgan fingerprint density at radius 3 is 2.63 bits per heavy atom. The summed E-state index contributed by atoms with van der Waals surface area (Å²) in [5, 5.41) is 6.56. The van der Waals surface area contributed by atoms with Crippen molar-refractivity contribution in [3.8, 4) is 0 Å². The third kappa shape index (κ3) is 7.47. The molecule has 2 N–H and O–H groups in total. The second-order valence-electron chi connectivity index (χ2n) is 4.12. The van der Waals surface area contributed by atoms with Crippen LogP contribution in [0, 0.1) is 0 Å². The molecule has 106 valence electrons. The highest BCUT2D eigenvalue weighted by molar-refractivity contribution is 5.79. The van der Waals surface area contributed by atoms with Crippen LogP contribution in [0.1, 0.15) is 19.4 Å². The van der Waals surface area contributed by atoms with Gasteiger partial charge in [-0.15, -0.1) is 0 Å². The number of hydrogen-bond acceptors (Lipinski definition) is 2. The SMILES string of the molecule is CCNC(=NCCOCC)NCCc1ccccc1. The highest BCUT2D eigenvalue weighted by Crippen LogP contribution is 1.97. The zero-order chi connectivity index (χ0) is 13.8. The lowest BCUT2D eigenvalue weighted by Gasteiger charge is -2.11. The van der Waals surface area contributed by atoms with Gasteiger partial charge in [-0.05, 0) is 25.8 Å². The summed E-state index contributed by atoms with van der Waals surface area (Å²) in [6.45, 7) is 7.91. The van der Waals surface area contributed by atoms with Crippen LogP contribution in [-0.2, 0) is 11.2 Å². The molecule has 0 unspecified atom stereocenters. The maximum absolute atomic E-state index is 5.27. The molecule has 1 rings (SSSR count). The number of rotatable bonds is 8. The first-order chi connectivity index (χ1) is 9.36. The van der Waals surface area contributed by atoms with Crippen molar-refractivity contribution >= 4 is 5.96 Å². The molecule has 0 aliphatic carbocycles. The lowest BCUT2D eigenvalue weighted by Crippen LogP contribution is -2.38. The molecule has 0 radical (unpaired) electrons. The Kier molecular flexibility index (Phi) is 8.47. The van der Waals surface area contributed by atoms with Crippen LogP contribution in [0.15, 0.2) is 35.3 Å². The van der Waals surface area contributed by atoms with Gasteiger partial charge < -0.3 is 15.4 Å². The highest BCUT2D eigenvalue weighted by Gasteiger charge is 1.97. The molecule has 0 heterocycles. The molecule has 1 aromatic carbocycles. The summed E-state index contributed by atoms with van der Waals surface area (Å²) in [6.07, 6.45) is 0.997. The van der Waals surface area contributed by atoms with Crippen molar-refractivity contribution in [1.29, 1.82) is 0 Å². The Hall–Kier alpha value is -1.55. The molecule has 4 heteroatoms. The van der Waals surface area contributed by atoms with Crippen molar-refractivity contribution in [2.24, 2.45) is 4.99 Å². The van der Waals surface area contributed by atoms with Crippen molar-refractivity contribution in [3.05, 3.63) is 35.9 Å². The molecule has 4 nitrogen and oxygen atoms in total. The van der Waals surface area contributed by atoms with E-state index in [1.165, 1.54) is 5.56 Å². The fourth-order valence-electron chi connectivity index (χ4n) is 1.68. The van der Waals surface area contributed by atoms with Crippen molar-refractivity contribution in [2.75, 3.05) is 32.8 Å². The molecule has 0 spiro atoms. The molecule has 0 fully saturated rings. The van der Waals surface area contributed by atoms with Crippen LogP contribution in [0.4, 0.5) is 0 Å². The number of nitrogens with zero attached hydrogens (tertiary/aromatic N) is 1. The molecule has 0 aliphatic rings. The molecular formula is C15H25N3O. The second kappa shape index (κ2) is 10.4. The summed E-state index contributed by atoms with van der Waals surface area (Å²) in [4.78, 5) is 4.45. The Bertz CT molecular complexity index is 352. The molecule has 0 atom stereocenters. The van der Waals surface area contributed by atoms with Gasteiger partial charge in [0.15, 0.2) is 5.96 Å². The van der Waals surface area contributed by atoms with Crippen molar-refractivity contribution in [1.82, 2.24) is 10.6 Å². The first-order valence-corrected chi connectivity index (χ1v) is 7.00. The molecule has 0 bridgehead atoms. The zero-order valence-corrected chi connectivity index (χ0v) is 12.0. The third-order valence-electron chi connectivity index (χ3n) is 2.60. The van der Waals surface area contributed by atoms with E-state index < -0.39 is 0 Å². The van der Waals surface area contributed by atoms with Crippen molar-refractivity contribution in [2.45, 2.75) is 20.3 Å². The minimum Gasteiger partial charge on any atom is -0.380 e. The maximum atomic E-state index is 5.27. The van der Waals surface area contributed by atoms with Gasteiger partial charge in [-0.2, -0.15) is 0 Å². The fraction of sp³-hybridized carbons (Fsp3) is 0.533. The highest BCUT2D eigenvalue weighted by atomic mass is 16.5. The van der Waals surface area contributed by atoms with Gasteiger partial charge in [-0.25, -0.2) is 0 Å². The lowest BCUT2D eigenvalue weighted by atomic mass is 10.1. The average molecular weight is 263 g/mol. The van der Waals surface area contributed by atoms with E-state index in [-0.39, 0.29) is 0 Å². The van der Waals surface area contributed by atoms with Gasteiger partial charge in [0, 0.05) is 19.7 Å². The van der Waals surface area contributed by atoms with Gasteiger partial charge in [0.05, 0.1) is 13.2 Å². The number of hydrogen-bond donors (Lipinski definition) is 2. The van der Waals surface area contributed by atoms with Gasteiger partial charge in [0.1, 0.15) is 0 Å². The molecule has 0 amide bonds. The molecule has 0 saturated heterocycles. The normalized spacial score (nSPS) is 11.4. The summed E-state index contributed by atoms with van der Waals surface area (Å²) >= 11 is 0. The number of nitrogens with one attached hydrogen (secondary N) is 2. The number of ether oxygens (including phenoxy) is 1. The molecule has 19 heavy (non-hydrogen) atoms. The first kappa shape index (κ1) is 15.5. The van der Waals surface area contributed by atoms with Crippen molar-refractivity contribution in [3.63, 3.8) is 0 Å². The predicted octanol–water partition coefficient (Wildman–Crippen LogP) is 1.82. The Morgan fingerprint density at radius 1 is 1.16 bits per heavy atom. The second-order valence-corrected chi connectivity index (χ2v) is 4.12. The van der Waals surface area contributed by atoms with E-state index in [4.69, 9.17) is 4.74 Å². The number of aliphatic imine (C=N–C) groups is 1. The quantitative estimate of drug-likeness (QED) is 0.427. The molecule has 0 saturated carbocycles. The van der Waals surface area contributed by atoms with Gasteiger partial charge in [0.2, 0.25) is 0 Å². The minimum absolute atomic E-state index is 0.672. The topological polar surface area (TPSA) is 45.7 Å². The first-order valence-electron chi connectivity index (χ1n) is 7.00. The van der Waals surface area contributed by atoms with E-state index in [1.54, 1.807) is 0 Å². The van der Waals surface area contributed by atoms with E-state index in [0.29, 0.717) is 13.2 Å². The molecular weight excluding hydrogens is 238 g/mol. The number of guanidine groups is 1. The summed E-state index contributed by atoms with van der Waals surface area (Å²) in [6, 6.07) is 10.4. The van der Waals surface area contributed by atoms with Gasteiger partial charge in [-0.3, -0.25) is 4.99 Å². The summed E-state index contributed by atoms with van der Waals surface area (Å²) in [5.74, 6) is 0.859. The van der Waals surface area contributed by atoms with Gasteiger partial charge >= 0.3 is 0 Å². The van der Waals surface area contributed by atoms with E-state index in [1.807, 2.05) is 13.0 Å². The van der Waals surface area contributed by atoms with Gasteiger partial charge in [-0.1, -0.05) is 30.3 Å². The van der Waals surface area contributed by atoms with Crippen LogP contribution in [0.25, 0.3) is 0 Å². The lowest BCUT2D eigenvalue weighted by molar-refractivity contribution is 0.155. The molecule has 0 aliphatic heterocycles. The fourth-order valence-corrected chi connectivity index (χ4v) is 1.68. The largest absolute Gasteiger partial charge is 0.380 e. The molecule has 1 aromatic rings. The van der Waals surface area contributed by atoms with E-state index >= 15 is 0 Å². The summed E-state index contributed by atoms with van der Waals surface area (Å²) in [5.41, 5.74) is 1.33. The van der Waals surface area contributed by atoms with E-state index in [2.05, 4.69) is 46.8 Å². The maximum Gasteiger partial charge on any atom is 0.191 e. The molecule has 0 aromatic heterocycles. The standard InChI is InChI=1S/C15H25N3O/c1-3-16-15(18-12-13-19-4-2)17-11-10-14-8-6-5-7-9-14/h5-9H,3-4,10-13H2,1-2H3,(H2,16,17,18). The monoisotopic (exact) mass is 263 g/mol. The summed E-state index contributed by atoms with van der Waals surface area (Å²) < 4.78 is 5.27. The van der Waals surface area contributed by atoms with Crippen LogP contribution in [0.3, 0.4) is 0 Å². The van der Waals surface area contributed by atoms with Crippen LogP contribution >= 0.6 is 0 Å². The Balaban J connectivity index is 2.28. The smallest absolute Gasteiger partial charge is 0.191 e. The number of benzene rings is 1. The van der Waals surface area contributed by atoms with Crippen LogP contribution in [-0.4, -0.2) is 38.8 Å². The van der Waals surface area contributed by atoms with E-state index in [0.717, 1.165) is 32.1 Å². The summed E-state index contributed by atoms with van der Waals surface area (Å²) in [7, 11) is 0. The van der Waals surface area contributed by atoms with Crippen molar-refractivity contribution < 1.29 is 4.74 Å². The third-order valence-corrected chi connectivity index (χ3v) is 2.60. The Labute approximate surface area is 116 Å². The van der Waals surface area contributed by atoms with Crippen LogP contribution in [0.5, 0.6) is 0 Å². The minimum atomic E-state index is 0.672. The average Bonchev–Trinajstić information content (AvgIpc) is 2.44. The van der Waals surface area contributed by atoms with E-state index in [9.17, 15) is 0 Å². The predicted molar refractivity (Wildman–Crippen MR) is 80.6 cm³/mol. The Morgan fingerprint density at radius 2 is 1.95 bits per heavy atom. The van der Waals surface area contributed by atoms with Crippen LogP contribution < -0.4 is 10.6 Å². The van der Waals surface area contributed by atoms with Gasteiger partial charge in [0.25, 0.3) is 0 Å².